The summed E-state index contributed by atoms with van der Waals surface area (Å²) < 4.78 is 2.16. The van der Waals surface area contributed by atoms with Gasteiger partial charge in [0.15, 0.2) is 5.16 Å². The zero-order valence-electron chi connectivity index (χ0n) is 12.9. The van der Waals surface area contributed by atoms with Gasteiger partial charge in [0.2, 0.25) is 5.95 Å². The minimum Gasteiger partial charge on any atom is -0.481 e. The fourth-order valence-corrected chi connectivity index (χ4v) is 3.59. The first-order chi connectivity index (χ1) is 9.99. The summed E-state index contributed by atoms with van der Waals surface area (Å²) >= 11 is 1.26. The Balaban J connectivity index is 2.24. The summed E-state index contributed by atoms with van der Waals surface area (Å²) in [4.78, 5) is 12.9. The molecule has 0 aromatic carbocycles. The quantitative estimate of drug-likeness (QED) is 0.781. The number of carboxylic acid groups (broad SMARTS) is 1. The maximum Gasteiger partial charge on any atom is 0.313 e. The van der Waals surface area contributed by atoms with Gasteiger partial charge in [0.1, 0.15) is 0 Å². The molecule has 118 valence electrons. The van der Waals surface area contributed by atoms with Crippen molar-refractivity contribution in [3.63, 3.8) is 0 Å². The van der Waals surface area contributed by atoms with Crippen LogP contribution in [-0.4, -0.2) is 45.2 Å². The molecular formula is C14H24N4O2S. The summed E-state index contributed by atoms with van der Waals surface area (Å²) in [5.74, 6) is 0.610. The molecule has 1 heterocycles. The molecule has 1 aromatic heterocycles. The molecule has 0 unspecified atom stereocenters. The van der Waals surface area contributed by atoms with Crippen LogP contribution in [0.3, 0.4) is 0 Å². The van der Waals surface area contributed by atoms with Crippen molar-refractivity contribution in [2.75, 3.05) is 24.2 Å². The summed E-state index contributed by atoms with van der Waals surface area (Å²) in [7, 11) is 2.03. The summed E-state index contributed by atoms with van der Waals surface area (Å²) in [6, 6.07) is 0.404. The Morgan fingerprint density at radius 1 is 1.43 bits per heavy atom. The van der Waals surface area contributed by atoms with E-state index in [1.807, 2.05) is 7.05 Å². The van der Waals surface area contributed by atoms with Gasteiger partial charge in [-0.2, -0.15) is 0 Å². The number of hydrogen-bond acceptors (Lipinski definition) is 5. The molecule has 0 amide bonds. The fraction of sp³-hybridized carbons (Fsp3) is 0.786. The first-order valence-corrected chi connectivity index (χ1v) is 8.48. The first kappa shape index (κ1) is 16.1. The van der Waals surface area contributed by atoms with Gasteiger partial charge >= 0.3 is 5.97 Å². The topological polar surface area (TPSA) is 71.2 Å². The van der Waals surface area contributed by atoms with E-state index in [1.165, 1.54) is 24.6 Å². The van der Waals surface area contributed by atoms with Crippen molar-refractivity contribution in [3.8, 4) is 0 Å². The predicted molar refractivity (Wildman–Crippen MR) is 84.0 cm³/mol. The molecule has 0 aliphatic heterocycles. The lowest BCUT2D eigenvalue weighted by Crippen LogP contribution is -2.27. The van der Waals surface area contributed by atoms with Gasteiger partial charge in [0.05, 0.1) is 5.75 Å². The number of hydrogen-bond donors (Lipinski definition) is 1. The molecule has 0 radical (unpaired) electrons. The Morgan fingerprint density at radius 3 is 2.67 bits per heavy atom. The first-order valence-electron chi connectivity index (χ1n) is 7.49. The van der Waals surface area contributed by atoms with Crippen LogP contribution in [0.15, 0.2) is 5.16 Å². The van der Waals surface area contributed by atoms with Crippen molar-refractivity contribution in [1.29, 1.82) is 0 Å². The molecule has 1 aromatic rings. The third-order valence-electron chi connectivity index (χ3n) is 3.64. The Bertz CT molecular complexity index is 483. The molecule has 7 heteroatoms. The molecule has 6 nitrogen and oxygen atoms in total. The number of anilines is 1. The maximum atomic E-state index is 10.8. The van der Waals surface area contributed by atoms with Gasteiger partial charge < -0.3 is 10.0 Å². The Hall–Kier alpha value is -1.24. The molecule has 0 spiro atoms. The van der Waals surface area contributed by atoms with Crippen LogP contribution in [0.1, 0.15) is 45.6 Å². The Kier molecular flexibility index (Phi) is 5.50. The molecule has 1 saturated carbocycles. The monoisotopic (exact) mass is 312 g/mol. The molecule has 1 N–H and O–H groups in total. The smallest absolute Gasteiger partial charge is 0.313 e. The molecule has 0 bridgehead atoms. The number of nitrogens with zero attached hydrogens (tertiary/aromatic N) is 4. The fourth-order valence-electron chi connectivity index (χ4n) is 2.87. The van der Waals surface area contributed by atoms with Gasteiger partial charge in [-0.3, -0.25) is 9.36 Å². The van der Waals surface area contributed by atoms with Gasteiger partial charge in [-0.25, -0.2) is 0 Å². The lowest BCUT2D eigenvalue weighted by Gasteiger charge is -2.24. The van der Waals surface area contributed by atoms with Crippen LogP contribution < -0.4 is 4.90 Å². The number of thioether (sulfide) groups is 1. The van der Waals surface area contributed by atoms with Crippen LogP contribution in [0.2, 0.25) is 0 Å². The third-order valence-corrected chi connectivity index (χ3v) is 4.57. The van der Waals surface area contributed by atoms with Crippen molar-refractivity contribution in [2.24, 2.45) is 5.92 Å². The lowest BCUT2D eigenvalue weighted by molar-refractivity contribution is -0.133. The zero-order valence-corrected chi connectivity index (χ0v) is 13.8. The minimum atomic E-state index is -0.821. The Labute approximate surface area is 129 Å². The van der Waals surface area contributed by atoms with E-state index >= 15 is 0 Å². The molecule has 1 aliphatic carbocycles. The SMILES string of the molecule is CC(C)CN(C)c1nnc(SCC(=O)O)n1C1CCCC1. The van der Waals surface area contributed by atoms with Crippen molar-refractivity contribution in [2.45, 2.75) is 50.7 Å². The highest BCUT2D eigenvalue weighted by Crippen LogP contribution is 2.36. The number of aromatic nitrogens is 3. The van der Waals surface area contributed by atoms with Crippen molar-refractivity contribution in [1.82, 2.24) is 14.8 Å². The zero-order chi connectivity index (χ0) is 15.4. The van der Waals surface area contributed by atoms with Crippen LogP contribution >= 0.6 is 11.8 Å². The molecule has 2 rings (SSSR count). The van der Waals surface area contributed by atoms with E-state index in [1.54, 1.807) is 0 Å². The number of aliphatic carboxylic acids is 1. The minimum absolute atomic E-state index is 0.0265. The van der Waals surface area contributed by atoms with Gasteiger partial charge in [-0.1, -0.05) is 38.5 Å². The molecule has 1 fully saturated rings. The second-order valence-corrected chi connectivity index (χ2v) is 6.99. The highest BCUT2D eigenvalue weighted by Gasteiger charge is 2.26. The van der Waals surface area contributed by atoms with Gasteiger partial charge in [0.25, 0.3) is 0 Å². The lowest BCUT2D eigenvalue weighted by atomic mass is 10.2. The van der Waals surface area contributed by atoms with E-state index < -0.39 is 5.97 Å². The van der Waals surface area contributed by atoms with E-state index in [2.05, 4.69) is 33.5 Å². The average molecular weight is 312 g/mol. The van der Waals surface area contributed by atoms with Crippen LogP contribution in [0, 0.1) is 5.92 Å². The van der Waals surface area contributed by atoms with Gasteiger partial charge in [-0.15, -0.1) is 10.2 Å². The van der Waals surface area contributed by atoms with Crippen molar-refractivity contribution in [3.05, 3.63) is 0 Å². The largest absolute Gasteiger partial charge is 0.481 e. The van der Waals surface area contributed by atoms with Crippen LogP contribution in [0.5, 0.6) is 0 Å². The van der Waals surface area contributed by atoms with E-state index in [9.17, 15) is 4.79 Å². The summed E-state index contributed by atoms with van der Waals surface area (Å²) in [6.45, 7) is 5.26. The number of carboxylic acids is 1. The van der Waals surface area contributed by atoms with E-state index in [-0.39, 0.29) is 5.75 Å². The normalized spacial score (nSPS) is 15.8. The summed E-state index contributed by atoms with van der Waals surface area (Å²) in [5, 5.41) is 18.2. The van der Waals surface area contributed by atoms with Gasteiger partial charge in [-0.05, 0) is 18.8 Å². The van der Waals surface area contributed by atoms with Crippen LogP contribution in [-0.2, 0) is 4.79 Å². The van der Waals surface area contributed by atoms with Crippen molar-refractivity contribution >= 4 is 23.7 Å². The maximum absolute atomic E-state index is 10.8. The average Bonchev–Trinajstić information content (AvgIpc) is 3.04. The highest BCUT2D eigenvalue weighted by molar-refractivity contribution is 7.99. The predicted octanol–water partition coefficient (Wildman–Crippen LogP) is 2.66. The molecule has 0 saturated heterocycles. The molecule has 21 heavy (non-hydrogen) atoms. The molecule has 1 aliphatic rings. The summed E-state index contributed by atoms with van der Waals surface area (Å²) in [5.41, 5.74) is 0. The van der Waals surface area contributed by atoms with Gasteiger partial charge in [0, 0.05) is 19.6 Å². The number of carbonyl (C=O) groups is 1. The van der Waals surface area contributed by atoms with E-state index in [4.69, 9.17) is 5.11 Å². The standard InChI is InChI=1S/C14H24N4O2S/c1-10(2)8-17(3)13-15-16-14(21-9-12(19)20)18(13)11-6-4-5-7-11/h10-11H,4-9H2,1-3H3,(H,19,20). The number of rotatable bonds is 7. The van der Waals surface area contributed by atoms with Crippen molar-refractivity contribution < 1.29 is 9.90 Å². The molecular weight excluding hydrogens is 288 g/mol. The van der Waals surface area contributed by atoms with E-state index in [0.717, 1.165) is 30.5 Å². The summed E-state index contributed by atoms with van der Waals surface area (Å²) in [6.07, 6.45) is 4.70. The highest BCUT2D eigenvalue weighted by atomic mass is 32.2. The Morgan fingerprint density at radius 2 is 2.10 bits per heavy atom. The third kappa shape index (κ3) is 4.12. The van der Waals surface area contributed by atoms with Crippen LogP contribution in [0.25, 0.3) is 0 Å². The van der Waals surface area contributed by atoms with E-state index in [0.29, 0.717) is 12.0 Å². The second-order valence-electron chi connectivity index (χ2n) is 6.05. The second kappa shape index (κ2) is 7.15. The van der Waals surface area contributed by atoms with Crippen LogP contribution in [0.4, 0.5) is 5.95 Å². The molecule has 0 atom stereocenters.